The molecule has 1 aromatic heterocycles. The third-order valence-corrected chi connectivity index (χ3v) is 6.97. The number of nitrogens with zero attached hydrogens (tertiary/aromatic N) is 4. The van der Waals surface area contributed by atoms with Crippen LogP contribution in [0.4, 0.5) is 5.69 Å². The maximum absolute atomic E-state index is 13.3. The first-order valence-corrected chi connectivity index (χ1v) is 13.3. The van der Waals surface area contributed by atoms with Gasteiger partial charge in [-0.1, -0.05) is 81.2 Å². The molecule has 0 unspecified atom stereocenters. The number of rotatable bonds is 7. The highest BCUT2D eigenvalue weighted by molar-refractivity contribution is 9.10. The molecular weight excluding hydrogens is 616 g/mol. The van der Waals surface area contributed by atoms with E-state index in [-0.39, 0.29) is 23.6 Å². The van der Waals surface area contributed by atoms with Crippen LogP contribution < -0.4 is 10.3 Å². The van der Waals surface area contributed by atoms with Crippen molar-refractivity contribution in [1.29, 1.82) is 0 Å². The highest BCUT2D eigenvalue weighted by Crippen LogP contribution is 2.35. The molecule has 0 bridgehead atoms. The molecule has 0 radical (unpaired) electrons. The number of benzene rings is 4. The molecule has 8 nitrogen and oxygen atoms in total. The molecule has 0 saturated carbocycles. The summed E-state index contributed by atoms with van der Waals surface area (Å²) in [5, 5.41) is 18.8. The van der Waals surface area contributed by atoms with Gasteiger partial charge in [0.2, 0.25) is 5.75 Å². The Bertz CT molecular complexity index is 1800. The molecule has 190 valence electrons. The predicted molar refractivity (Wildman–Crippen MR) is 155 cm³/mol. The van der Waals surface area contributed by atoms with E-state index in [9.17, 15) is 14.9 Å². The molecule has 0 spiro atoms. The molecule has 0 aliphatic heterocycles. The summed E-state index contributed by atoms with van der Waals surface area (Å²) in [7, 11) is 0. The predicted octanol–water partition coefficient (Wildman–Crippen LogP) is 7.01. The summed E-state index contributed by atoms with van der Waals surface area (Å²) in [5.41, 5.74) is 1.24. The van der Waals surface area contributed by atoms with E-state index in [1.165, 1.54) is 17.0 Å². The van der Waals surface area contributed by atoms with Gasteiger partial charge in [-0.2, -0.15) is 9.78 Å². The second-order valence-electron chi connectivity index (χ2n) is 8.43. The van der Waals surface area contributed by atoms with Gasteiger partial charge >= 0.3 is 5.69 Å². The molecule has 5 rings (SSSR count). The van der Waals surface area contributed by atoms with E-state index in [0.717, 1.165) is 20.8 Å². The first-order chi connectivity index (χ1) is 18.4. The van der Waals surface area contributed by atoms with Gasteiger partial charge in [0.15, 0.2) is 0 Å². The van der Waals surface area contributed by atoms with Gasteiger partial charge in [-0.3, -0.25) is 14.9 Å². The third kappa shape index (κ3) is 5.09. The topological polar surface area (TPSA) is 99.6 Å². The van der Waals surface area contributed by atoms with Crippen LogP contribution in [0.25, 0.3) is 21.7 Å². The van der Waals surface area contributed by atoms with E-state index in [1.54, 1.807) is 18.2 Å². The molecule has 0 N–H and O–H groups in total. The number of aromatic nitrogens is 2. The van der Waals surface area contributed by atoms with E-state index in [2.05, 4.69) is 41.9 Å². The van der Waals surface area contributed by atoms with E-state index in [1.807, 2.05) is 55.5 Å². The van der Waals surface area contributed by atoms with Crippen molar-refractivity contribution in [3.8, 4) is 5.75 Å². The largest absolute Gasteiger partial charge is 0.481 e. The van der Waals surface area contributed by atoms with Crippen molar-refractivity contribution in [1.82, 2.24) is 9.66 Å². The summed E-state index contributed by atoms with van der Waals surface area (Å²) in [6, 6.07) is 22.0. The zero-order valence-corrected chi connectivity index (χ0v) is 23.3. The fourth-order valence-electron chi connectivity index (χ4n) is 4.22. The molecule has 10 heteroatoms. The Morgan fingerprint density at radius 1 is 1.03 bits per heavy atom. The molecule has 0 atom stereocenters. The van der Waals surface area contributed by atoms with E-state index in [0.29, 0.717) is 33.2 Å². The maximum atomic E-state index is 13.3. The van der Waals surface area contributed by atoms with Crippen LogP contribution in [-0.4, -0.2) is 20.8 Å². The first-order valence-electron chi connectivity index (χ1n) is 11.7. The Morgan fingerprint density at radius 2 is 1.82 bits per heavy atom. The van der Waals surface area contributed by atoms with Crippen molar-refractivity contribution in [2.24, 2.45) is 5.10 Å². The number of fused-ring (bicyclic) bond motifs is 2. The lowest BCUT2D eigenvalue weighted by Gasteiger charge is -2.12. The van der Waals surface area contributed by atoms with Crippen molar-refractivity contribution in [3.05, 3.63) is 119 Å². The van der Waals surface area contributed by atoms with Crippen LogP contribution >= 0.6 is 31.9 Å². The second kappa shape index (κ2) is 10.8. The Hall–Kier alpha value is -3.89. The van der Waals surface area contributed by atoms with Crippen molar-refractivity contribution in [3.63, 3.8) is 0 Å². The summed E-state index contributed by atoms with van der Waals surface area (Å²) in [4.78, 5) is 29.3. The fraction of sp³-hybridized carbons (Fsp3) is 0.107. The van der Waals surface area contributed by atoms with Gasteiger partial charge in [-0.15, -0.1) is 0 Å². The van der Waals surface area contributed by atoms with Gasteiger partial charge in [0, 0.05) is 27.0 Å². The lowest BCUT2D eigenvalue weighted by atomic mass is 10.1. The lowest BCUT2D eigenvalue weighted by Crippen LogP contribution is -2.22. The van der Waals surface area contributed by atoms with Gasteiger partial charge in [-0.05, 0) is 40.6 Å². The second-order valence-corrected chi connectivity index (χ2v) is 10.3. The van der Waals surface area contributed by atoms with Crippen molar-refractivity contribution >= 4 is 65.4 Å². The smallest absolute Gasteiger partial charge is 0.312 e. The van der Waals surface area contributed by atoms with Crippen LogP contribution in [0.2, 0.25) is 0 Å². The number of hydrogen-bond donors (Lipinski definition) is 0. The number of hydrogen-bond acceptors (Lipinski definition) is 6. The van der Waals surface area contributed by atoms with Crippen LogP contribution in [0.1, 0.15) is 23.9 Å². The standard InChI is InChI=1S/C28H20Br2N4O4/c1-2-26-32-24-11-10-20(29)13-23(24)28(35)33(26)31-15-19-12-21(30)14-25(34(36)37)27(19)38-16-18-8-5-7-17-6-3-4-9-22(17)18/h3-15H,2,16H2,1H3. The SMILES string of the molecule is CCc1nc2ccc(Br)cc2c(=O)n1N=Cc1cc(Br)cc([N+](=O)[O-])c1OCc1cccc2ccccc12. The molecule has 1 heterocycles. The number of nitro benzene ring substituents is 1. The molecule has 38 heavy (non-hydrogen) atoms. The maximum Gasteiger partial charge on any atom is 0.312 e. The minimum atomic E-state index is -0.501. The number of ether oxygens (including phenoxy) is 1. The summed E-state index contributed by atoms with van der Waals surface area (Å²) in [5.74, 6) is 0.515. The zero-order chi connectivity index (χ0) is 26.8. The molecular formula is C28H20Br2N4O4. The number of nitro groups is 1. The van der Waals surface area contributed by atoms with Crippen LogP contribution in [0, 0.1) is 10.1 Å². The van der Waals surface area contributed by atoms with Crippen LogP contribution in [0.3, 0.4) is 0 Å². The van der Waals surface area contributed by atoms with Crippen molar-refractivity contribution in [2.45, 2.75) is 20.0 Å². The van der Waals surface area contributed by atoms with Gasteiger partial charge in [0.05, 0.1) is 22.0 Å². The van der Waals surface area contributed by atoms with Crippen molar-refractivity contribution < 1.29 is 9.66 Å². The van der Waals surface area contributed by atoms with Crippen molar-refractivity contribution in [2.75, 3.05) is 0 Å². The van der Waals surface area contributed by atoms with Gasteiger partial charge in [0.25, 0.3) is 5.56 Å². The normalized spacial score (nSPS) is 11.4. The number of halogens is 2. The highest BCUT2D eigenvalue weighted by atomic mass is 79.9. The van der Waals surface area contributed by atoms with Crippen LogP contribution in [-0.2, 0) is 13.0 Å². The first kappa shape index (κ1) is 25.7. The average molecular weight is 636 g/mol. The number of aryl methyl sites for hydroxylation is 1. The molecule has 0 aliphatic rings. The fourth-order valence-corrected chi connectivity index (χ4v) is 5.04. The summed E-state index contributed by atoms with van der Waals surface area (Å²) in [6.07, 6.45) is 1.85. The summed E-state index contributed by atoms with van der Waals surface area (Å²) < 4.78 is 8.52. The molecule has 4 aromatic carbocycles. The van der Waals surface area contributed by atoms with Gasteiger partial charge < -0.3 is 4.74 Å². The zero-order valence-electron chi connectivity index (χ0n) is 20.1. The quantitative estimate of drug-likeness (QED) is 0.109. The van der Waals surface area contributed by atoms with E-state index in [4.69, 9.17) is 4.74 Å². The Kier molecular flexibility index (Phi) is 7.35. The molecule has 0 aliphatic carbocycles. The minimum Gasteiger partial charge on any atom is -0.481 e. The van der Waals surface area contributed by atoms with Gasteiger partial charge in [0.1, 0.15) is 12.4 Å². The average Bonchev–Trinajstić information content (AvgIpc) is 2.91. The molecule has 5 aromatic rings. The highest BCUT2D eigenvalue weighted by Gasteiger charge is 2.21. The Balaban J connectivity index is 1.59. The van der Waals surface area contributed by atoms with E-state index >= 15 is 0 Å². The Labute approximate surface area is 234 Å². The summed E-state index contributed by atoms with van der Waals surface area (Å²) in [6.45, 7) is 1.98. The molecule has 0 saturated heterocycles. The monoisotopic (exact) mass is 634 g/mol. The van der Waals surface area contributed by atoms with Gasteiger partial charge in [-0.25, -0.2) is 4.98 Å². The van der Waals surface area contributed by atoms with Crippen LogP contribution in [0.15, 0.2) is 91.6 Å². The summed E-state index contributed by atoms with van der Waals surface area (Å²) >= 11 is 6.74. The molecule has 0 amide bonds. The van der Waals surface area contributed by atoms with Crippen LogP contribution in [0.5, 0.6) is 5.75 Å². The minimum absolute atomic E-state index is 0.0532. The molecule has 0 fully saturated rings. The Morgan fingerprint density at radius 3 is 2.61 bits per heavy atom. The lowest BCUT2D eigenvalue weighted by molar-refractivity contribution is -0.386. The van der Waals surface area contributed by atoms with E-state index < -0.39 is 4.92 Å². The third-order valence-electron chi connectivity index (χ3n) is 6.02.